The molecule has 0 amide bonds. The molecule has 0 atom stereocenters. The smallest absolute Gasteiger partial charge is 0.269 e. The molecule has 6 heteroatoms. The number of hydrogen-bond donors (Lipinski definition) is 0. The van der Waals surface area contributed by atoms with Gasteiger partial charge in [-0.3, -0.25) is 9.59 Å². The highest BCUT2D eigenvalue weighted by Gasteiger charge is 2.13. The van der Waals surface area contributed by atoms with Gasteiger partial charge in [0.15, 0.2) is 0 Å². The van der Waals surface area contributed by atoms with Crippen molar-refractivity contribution in [2.45, 2.75) is 19.5 Å². The van der Waals surface area contributed by atoms with Crippen molar-refractivity contribution in [3.05, 3.63) is 117 Å². The monoisotopic (exact) mass is 432 g/mol. The van der Waals surface area contributed by atoms with E-state index in [1.807, 2.05) is 72.8 Å². The van der Waals surface area contributed by atoms with E-state index in [9.17, 15) is 20.1 Å². The molecule has 0 radical (unpaired) electrons. The minimum absolute atomic E-state index is 0.0971. The Kier molecular flexibility index (Phi) is 6.29. The molecule has 0 saturated carbocycles. The Morgan fingerprint density at radius 1 is 0.606 bits per heavy atom. The molecule has 160 valence electrons. The highest BCUT2D eigenvalue weighted by Crippen LogP contribution is 2.21. The number of benzene rings is 2. The number of aryl methyl sites for hydroxylation is 2. The maximum absolute atomic E-state index is 12.8. The van der Waals surface area contributed by atoms with Crippen LogP contribution < -0.4 is 11.1 Å². The van der Waals surface area contributed by atoms with Gasteiger partial charge in [0.25, 0.3) is 11.1 Å². The van der Waals surface area contributed by atoms with Crippen molar-refractivity contribution in [2.24, 2.45) is 0 Å². The maximum atomic E-state index is 12.8. The Hall–Kier alpha value is -4.68. The summed E-state index contributed by atoms with van der Waals surface area (Å²) in [6.45, 7) is 0.689. The molecule has 2 heterocycles. The molecular formula is C27H20N4O2. The highest BCUT2D eigenvalue weighted by atomic mass is 16.1. The third-order valence-electron chi connectivity index (χ3n) is 5.52. The van der Waals surface area contributed by atoms with E-state index < -0.39 is 0 Å². The average molecular weight is 432 g/mol. The largest absolute Gasteiger partial charge is 0.314 e. The minimum Gasteiger partial charge on any atom is -0.314 e. The van der Waals surface area contributed by atoms with Crippen LogP contribution in [-0.4, -0.2) is 9.13 Å². The third-order valence-corrected chi connectivity index (χ3v) is 5.52. The normalized spacial score (nSPS) is 10.4. The second-order valence-electron chi connectivity index (χ2n) is 7.52. The summed E-state index contributed by atoms with van der Waals surface area (Å²) < 4.78 is 2.97. The van der Waals surface area contributed by atoms with Gasteiger partial charge in [-0.25, -0.2) is 0 Å². The van der Waals surface area contributed by atoms with Gasteiger partial charge in [-0.1, -0.05) is 60.7 Å². The van der Waals surface area contributed by atoms with Gasteiger partial charge in [0.05, 0.1) is 0 Å². The fourth-order valence-corrected chi connectivity index (χ4v) is 3.84. The molecule has 0 spiro atoms. The summed E-state index contributed by atoms with van der Waals surface area (Å²) in [5.74, 6) is 0. The molecule has 0 N–H and O–H groups in total. The molecule has 2 aromatic carbocycles. The first-order valence-electron chi connectivity index (χ1n) is 10.5. The van der Waals surface area contributed by atoms with Gasteiger partial charge in [-0.15, -0.1) is 0 Å². The lowest BCUT2D eigenvalue weighted by molar-refractivity contribution is 0.543. The summed E-state index contributed by atoms with van der Waals surface area (Å²) >= 11 is 0. The first-order chi connectivity index (χ1) is 16.1. The van der Waals surface area contributed by atoms with Gasteiger partial charge in [0.2, 0.25) is 0 Å². The van der Waals surface area contributed by atoms with Crippen LogP contribution in [0, 0.1) is 22.7 Å². The second kappa shape index (κ2) is 9.64. The van der Waals surface area contributed by atoms with Crippen LogP contribution >= 0.6 is 0 Å². The molecule has 2 aromatic heterocycles. The molecule has 6 nitrogen and oxygen atoms in total. The van der Waals surface area contributed by atoms with Gasteiger partial charge < -0.3 is 9.13 Å². The quantitative estimate of drug-likeness (QED) is 0.457. The van der Waals surface area contributed by atoms with Gasteiger partial charge in [0.1, 0.15) is 23.3 Å². The molecule has 0 aliphatic heterocycles. The molecule has 0 aliphatic rings. The zero-order valence-corrected chi connectivity index (χ0v) is 17.8. The van der Waals surface area contributed by atoms with Crippen LogP contribution in [0.5, 0.6) is 0 Å². The molecule has 0 bridgehead atoms. The fourth-order valence-electron chi connectivity index (χ4n) is 3.84. The second-order valence-corrected chi connectivity index (χ2v) is 7.52. The van der Waals surface area contributed by atoms with E-state index in [0.717, 1.165) is 11.1 Å². The van der Waals surface area contributed by atoms with Crippen LogP contribution in [0.15, 0.2) is 94.8 Å². The third kappa shape index (κ3) is 4.37. The van der Waals surface area contributed by atoms with E-state index >= 15 is 0 Å². The van der Waals surface area contributed by atoms with Crippen LogP contribution in [-0.2, 0) is 13.1 Å². The lowest BCUT2D eigenvalue weighted by Gasteiger charge is -2.12. The Morgan fingerprint density at radius 3 is 1.36 bits per heavy atom. The number of hydrogen-bond acceptors (Lipinski definition) is 4. The molecule has 4 aromatic rings. The van der Waals surface area contributed by atoms with E-state index in [0.29, 0.717) is 30.6 Å². The fraction of sp³-hybridized carbons (Fsp3) is 0.111. The first kappa shape index (κ1) is 21.5. The van der Waals surface area contributed by atoms with Crippen molar-refractivity contribution in [3.8, 4) is 34.4 Å². The van der Waals surface area contributed by atoms with Gasteiger partial charge in [-0.2, -0.15) is 10.5 Å². The van der Waals surface area contributed by atoms with Crippen LogP contribution in [0.25, 0.3) is 22.3 Å². The number of nitrogens with zero attached hydrogens (tertiary/aromatic N) is 4. The van der Waals surface area contributed by atoms with Crippen molar-refractivity contribution in [1.29, 1.82) is 10.5 Å². The predicted molar refractivity (Wildman–Crippen MR) is 126 cm³/mol. The van der Waals surface area contributed by atoms with E-state index in [1.54, 1.807) is 24.5 Å². The zero-order chi connectivity index (χ0) is 23.2. The van der Waals surface area contributed by atoms with Crippen molar-refractivity contribution in [2.75, 3.05) is 0 Å². The predicted octanol–water partition coefficient (Wildman–Crippen LogP) is 4.18. The van der Waals surface area contributed by atoms with Crippen molar-refractivity contribution in [1.82, 2.24) is 9.13 Å². The summed E-state index contributed by atoms with van der Waals surface area (Å²) in [4.78, 5) is 25.7. The van der Waals surface area contributed by atoms with E-state index in [2.05, 4.69) is 0 Å². The molecule has 4 rings (SSSR count). The molecule has 0 saturated heterocycles. The van der Waals surface area contributed by atoms with Crippen LogP contribution in [0.3, 0.4) is 0 Å². The number of rotatable bonds is 6. The Labute approximate surface area is 190 Å². The average Bonchev–Trinajstić information content (AvgIpc) is 2.86. The van der Waals surface area contributed by atoms with Gasteiger partial charge in [-0.05, 0) is 29.7 Å². The van der Waals surface area contributed by atoms with E-state index in [4.69, 9.17) is 0 Å². The number of aromatic nitrogens is 2. The molecule has 33 heavy (non-hydrogen) atoms. The Bertz CT molecular complexity index is 1370. The summed E-state index contributed by atoms with van der Waals surface area (Å²) in [7, 11) is 0. The van der Waals surface area contributed by atoms with Crippen LogP contribution in [0.1, 0.15) is 17.5 Å². The maximum Gasteiger partial charge on any atom is 0.269 e. The van der Waals surface area contributed by atoms with Crippen molar-refractivity contribution >= 4 is 0 Å². The van der Waals surface area contributed by atoms with Gasteiger partial charge in [0, 0.05) is 36.6 Å². The Balaban J connectivity index is 1.55. The standard InChI is InChI=1S/C27H20N4O2/c28-18-24-22(20-8-3-1-4-9-20)12-16-30(26(24)32)14-7-15-31-17-13-23(25(19-29)27(31)33)21-10-5-2-6-11-21/h1-6,8-13,16-17H,7,14-15H2. The zero-order valence-electron chi connectivity index (χ0n) is 17.8. The summed E-state index contributed by atoms with van der Waals surface area (Å²) in [6.07, 6.45) is 3.84. The summed E-state index contributed by atoms with van der Waals surface area (Å²) in [5, 5.41) is 19.1. The molecule has 0 fully saturated rings. The lowest BCUT2D eigenvalue weighted by atomic mass is 10.0. The molecule has 0 aliphatic carbocycles. The van der Waals surface area contributed by atoms with E-state index in [1.165, 1.54) is 9.13 Å². The van der Waals surface area contributed by atoms with Crippen LogP contribution in [0.4, 0.5) is 0 Å². The topological polar surface area (TPSA) is 91.6 Å². The molecule has 0 unspecified atom stereocenters. The van der Waals surface area contributed by atoms with Crippen LogP contribution in [0.2, 0.25) is 0 Å². The minimum atomic E-state index is -0.358. The van der Waals surface area contributed by atoms with E-state index in [-0.39, 0.29) is 22.2 Å². The molecular weight excluding hydrogens is 412 g/mol. The van der Waals surface area contributed by atoms with Crippen molar-refractivity contribution < 1.29 is 0 Å². The highest BCUT2D eigenvalue weighted by molar-refractivity contribution is 5.70. The summed E-state index contributed by atoms with van der Waals surface area (Å²) in [6, 6.07) is 26.2. The number of nitriles is 2. The van der Waals surface area contributed by atoms with Gasteiger partial charge >= 0.3 is 0 Å². The lowest BCUT2D eigenvalue weighted by Crippen LogP contribution is -2.26. The number of pyridine rings is 2. The first-order valence-corrected chi connectivity index (χ1v) is 10.5. The van der Waals surface area contributed by atoms with Crippen molar-refractivity contribution in [3.63, 3.8) is 0 Å². The summed E-state index contributed by atoms with van der Waals surface area (Å²) in [5.41, 5.74) is 2.31. The SMILES string of the molecule is N#Cc1c(-c2ccccc2)ccn(CCCn2ccc(-c3ccccc3)c(C#N)c2=O)c1=O. The Morgan fingerprint density at radius 2 is 1.00 bits per heavy atom.